The van der Waals surface area contributed by atoms with Gasteiger partial charge in [0.25, 0.3) is 5.56 Å². The van der Waals surface area contributed by atoms with E-state index in [1.54, 1.807) is 17.7 Å². The van der Waals surface area contributed by atoms with Gasteiger partial charge >= 0.3 is 0 Å². The summed E-state index contributed by atoms with van der Waals surface area (Å²) in [4.78, 5) is 12.9. The molecule has 0 amide bonds. The quantitative estimate of drug-likeness (QED) is 0.529. The van der Waals surface area contributed by atoms with Gasteiger partial charge in [-0.2, -0.15) is 10.4 Å². The van der Waals surface area contributed by atoms with Gasteiger partial charge in [-0.3, -0.25) is 9.36 Å². The largest absolute Gasteiger partial charge is 0.381 e. The smallest absolute Gasteiger partial charge is 0.261 e. The van der Waals surface area contributed by atoms with Gasteiger partial charge in [-0.15, -0.1) is 0 Å². The summed E-state index contributed by atoms with van der Waals surface area (Å²) in [5.74, 6) is 0.351. The number of hydrogen-bond donors (Lipinski definition) is 0. The normalized spacial score (nSPS) is 15.0. The van der Waals surface area contributed by atoms with Crippen molar-refractivity contribution in [2.24, 2.45) is 7.05 Å². The van der Waals surface area contributed by atoms with E-state index >= 15 is 0 Å². The van der Waals surface area contributed by atoms with Crippen molar-refractivity contribution in [3.63, 3.8) is 0 Å². The van der Waals surface area contributed by atoms with Crippen molar-refractivity contribution in [2.45, 2.75) is 18.8 Å². The number of aryl methyl sites for hydroxylation is 1. The third-order valence-corrected chi connectivity index (χ3v) is 5.78. The fraction of sp³-hybridized carbons (Fsp3) is 0.261. The van der Waals surface area contributed by atoms with Crippen molar-refractivity contribution in [1.82, 2.24) is 14.2 Å². The fourth-order valence-electron chi connectivity index (χ4n) is 4.12. The van der Waals surface area contributed by atoms with E-state index in [4.69, 9.17) is 9.84 Å². The summed E-state index contributed by atoms with van der Waals surface area (Å²) < 4.78 is 9.01. The van der Waals surface area contributed by atoms with E-state index in [0.717, 1.165) is 54.0 Å². The van der Waals surface area contributed by atoms with Gasteiger partial charge in [0.15, 0.2) is 0 Å². The van der Waals surface area contributed by atoms with E-state index in [9.17, 15) is 10.1 Å². The molecule has 2 aromatic carbocycles. The van der Waals surface area contributed by atoms with Crippen molar-refractivity contribution in [3.8, 4) is 17.2 Å². The Labute approximate surface area is 167 Å². The van der Waals surface area contributed by atoms with Crippen LogP contribution in [0.2, 0.25) is 0 Å². The standard InChI is InChI=1S/C23H20N4O2/c1-26-22-13-20(16-7-9-29-10-8-16)25-27(22)21-12-18(5-6-19(21)23(26)28)17-4-2-3-15(11-17)14-24/h2-6,11-13,16H,7-10H2,1H3. The predicted octanol–water partition coefficient (Wildman–Crippen LogP) is 3.62. The number of ether oxygens (including phenoxy) is 1. The highest BCUT2D eigenvalue weighted by Crippen LogP contribution is 2.29. The average molecular weight is 384 g/mol. The van der Waals surface area contributed by atoms with Crippen molar-refractivity contribution in [2.75, 3.05) is 13.2 Å². The van der Waals surface area contributed by atoms with E-state index in [1.165, 1.54) is 0 Å². The predicted molar refractivity (Wildman–Crippen MR) is 111 cm³/mol. The molecule has 0 radical (unpaired) electrons. The summed E-state index contributed by atoms with van der Waals surface area (Å²) in [6.45, 7) is 1.50. The van der Waals surface area contributed by atoms with E-state index in [0.29, 0.717) is 16.9 Å². The number of aromatic nitrogens is 3. The fourth-order valence-corrected chi connectivity index (χ4v) is 4.12. The van der Waals surface area contributed by atoms with E-state index in [-0.39, 0.29) is 5.56 Å². The first-order valence-corrected chi connectivity index (χ1v) is 9.76. The lowest BCUT2D eigenvalue weighted by atomic mass is 9.97. The minimum Gasteiger partial charge on any atom is -0.381 e. The number of hydrogen-bond acceptors (Lipinski definition) is 4. The highest BCUT2D eigenvalue weighted by Gasteiger charge is 2.21. The van der Waals surface area contributed by atoms with Crippen molar-refractivity contribution < 1.29 is 4.74 Å². The van der Waals surface area contributed by atoms with Crippen molar-refractivity contribution >= 4 is 16.6 Å². The van der Waals surface area contributed by atoms with Crippen LogP contribution >= 0.6 is 0 Å². The Morgan fingerprint density at radius 1 is 1.10 bits per heavy atom. The molecule has 0 saturated carbocycles. The highest BCUT2D eigenvalue weighted by atomic mass is 16.5. The molecule has 1 aliphatic heterocycles. The van der Waals surface area contributed by atoms with Gasteiger partial charge in [-0.1, -0.05) is 18.2 Å². The average Bonchev–Trinajstić information content (AvgIpc) is 3.24. The SMILES string of the molecule is Cn1c(=O)c2ccc(-c3cccc(C#N)c3)cc2n2nc(C3CCOCC3)cc12. The lowest BCUT2D eigenvalue weighted by Crippen LogP contribution is -2.19. The van der Waals surface area contributed by atoms with Crippen molar-refractivity contribution in [3.05, 3.63) is 70.1 Å². The molecule has 1 aliphatic rings. The molecule has 0 aliphatic carbocycles. The molecule has 5 rings (SSSR count). The molecule has 144 valence electrons. The first-order chi connectivity index (χ1) is 14.2. The molecule has 6 heteroatoms. The zero-order valence-electron chi connectivity index (χ0n) is 16.1. The van der Waals surface area contributed by atoms with Crippen LogP contribution in [0.15, 0.2) is 53.3 Å². The third-order valence-electron chi connectivity index (χ3n) is 5.78. The number of fused-ring (bicyclic) bond motifs is 3. The zero-order valence-corrected chi connectivity index (χ0v) is 16.1. The topological polar surface area (TPSA) is 72.3 Å². The van der Waals surface area contributed by atoms with Gasteiger partial charge in [-0.05, 0) is 48.2 Å². The Bertz CT molecular complexity index is 1340. The third kappa shape index (κ3) is 2.91. The molecule has 3 heterocycles. The molecule has 0 bridgehead atoms. The maximum Gasteiger partial charge on any atom is 0.261 e. The van der Waals surface area contributed by atoms with Crippen LogP contribution in [0, 0.1) is 11.3 Å². The summed E-state index contributed by atoms with van der Waals surface area (Å²) in [5.41, 5.74) is 5.03. The summed E-state index contributed by atoms with van der Waals surface area (Å²) >= 11 is 0. The maximum absolute atomic E-state index is 12.9. The van der Waals surface area contributed by atoms with Gasteiger partial charge in [0.05, 0.1) is 28.2 Å². The lowest BCUT2D eigenvalue weighted by Gasteiger charge is -2.19. The minimum atomic E-state index is -0.0387. The summed E-state index contributed by atoms with van der Waals surface area (Å²) in [5, 5.41) is 14.7. The molecule has 0 spiro atoms. The molecule has 4 aromatic rings. The van der Waals surface area contributed by atoms with Gasteiger partial charge in [-0.25, -0.2) is 4.52 Å². The maximum atomic E-state index is 12.9. The molecular weight excluding hydrogens is 364 g/mol. The van der Waals surface area contributed by atoms with E-state index < -0.39 is 0 Å². The zero-order chi connectivity index (χ0) is 20.0. The number of nitrogens with zero attached hydrogens (tertiary/aromatic N) is 4. The Kier molecular flexibility index (Phi) is 4.18. The van der Waals surface area contributed by atoms with Crippen LogP contribution in [0.5, 0.6) is 0 Å². The first-order valence-electron chi connectivity index (χ1n) is 9.76. The Hall–Kier alpha value is -3.43. The monoisotopic (exact) mass is 384 g/mol. The van der Waals surface area contributed by atoms with E-state index in [1.807, 2.05) is 47.0 Å². The number of nitriles is 1. The Morgan fingerprint density at radius 2 is 1.90 bits per heavy atom. The van der Waals surface area contributed by atoms with Crippen LogP contribution < -0.4 is 5.56 Å². The highest BCUT2D eigenvalue weighted by molar-refractivity contribution is 5.85. The minimum absolute atomic E-state index is 0.0387. The molecule has 29 heavy (non-hydrogen) atoms. The molecule has 6 nitrogen and oxygen atoms in total. The molecular formula is C23H20N4O2. The molecule has 0 atom stereocenters. The second-order valence-corrected chi connectivity index (χ2v) is 7.51. The molecule has 1 fully saturated rings. The van der Waals surface area contributed by atoms with Gasteiger partial charge < -0.3 is 4.74 Å². The van der Waals surface area contributed by atoms with Crippen LogP contribution in [0.4, 0.5) is 0 Å². The summed E-state index contributed by atoms with van der Waals surface area (Å²) in [7, 11) is 1.79. The number of benzene rings is 2. The summed E-state index contributed by atoms with van der Waals surface area (Å²) in [6.07, 6.45) is 1.89. The molecule has 0 unspecified atom stereocenters. The lowest BCUT2D eigenvalue weighted by molar-refractivity contribution is 0.0844. The molecule has 2 aromatic heterocycles. The Balaban J connectivity index is 1.74. The van der Waals surface area contributed by atoms with Gasteiger partial charge in [0.2, 0.25) is 0 Å². The second-order valence-electron chi connectivity index (χ2n) is 7.51. The molecule has 1 saturated heterocycles. The second kappa shape index (κ2) is 6.87. The summed E-state index contributed by atoms with van der Waals surface area (Å²) in [6, 6.07) is 17.4. The van der Waals surface area contributed by atoms with E-state index in [2.05, 4.69) is 6.07 Å². The number of rotatable bonds is 2. The van der Waals surface area contributed by atoms with Crippen LogP contribution in [-0.4, -0.2) is 27.4 Å². The van der Waals surface area contributed by atoms with Crippen LogP contribution in [0.25, 0.3) is 27.7 Å². The van der Waals surface area contributed by atoms with Gasteiger partial charge in [0, 0.05) is 32.2 Å². The van der Waals surface area contributed by atoms with Crippen LogP contribution in [0.1, 0.15) is 30.0 Å². The first kappa shape index (κ1) is 17.7. The van der Waals surface area contributed by atoms with Gasteiger partial charge in [0.1, 0.15) is 5.65 Å². The van der Waals surface area contributed by atoms with Crippen LogP contribution in [0.3, 0.4) is 0 Å². The van der Waals surface area contributed by atoms with Crippen LogP contribution in [-0.2, 0) is 11.8 Å². The molecule has 0 N–H and O–H groups in total. The van der Waals surface area contributed by atoms with Crippen molar-refractivity contribution in [1.29, 1.82) is 5.26 Å². The Morgan fingerprint density at radius 3 is 2.69 bits per heavy atom.